The Morgan fingerprint density at radius 2 is 2.07 bits per heavy atom. The first kappa shape index (κ1) is 19.8. The van der Waals surface area contributed by atoms with Gasteiger partial charge in [-0.15, -0.1) is 11.3 Å². The van der Waals surface area contributed by atoms with Gasteiger partial charge < -0.3 is 14.7 Å². The van der Waals surface area contributed by atoms with E-state index in [1.54, 1.807) is 40.9 Å². The van der Waals surface area contributed by atoms with Crippen molar-refractivity contribution in [1.29, 1.82) is 0 Å². The van der Waals surface area contributed by atoms with Crippen LogP contribution >= 0.6 is 11.3 Å². The molecule has 29 heavy (non-hydrogen) atoms. The monoisotopic (exact) mass is 413 g/mol. The van der Waals surface area contributed by atoms with Gasteiger partial charge in [-0.1, -0.05) is 12.1 Å². The lowest BCUT2D eigenvalue weighted by molar-refractivity contribution is -0.129. The van der Waals surface area contributed by atoms with Gasteiger partial charge in [-0.2, -0.15) is 0 Å². The Labute approximate surface area is 173 Å². The van der Waals surface area contributed by atoms with E-state index >= 15 is 0 Å². The van der Waals surface area contributed by atoms with E-state index < -0.39 is 17.7 Å². The molecule has 0 radical (unpaired) electrons. The zero-order valence-electron chi connectivity index (χ0n) is 16.0. The first-order valence-electron chi connectivity index (χ1n) is 9.69. The van der Waals surface area contributed by atoms with E-state index in [1.165, 1.54) is 11.3 Å². The van der Waals surface area contributed by atoms with Gasteiger partial charge in [-0.25, -0.2) is 0 Å². The number of pyridine rings is 1. The highest BCUT2D eigenvalue weighted by Crippen LogP contribution is 2.39. The van der Waals surface area contributed by atoms with Gasteiger partial charge in [0, 0.05) is 38.6 Å². The van der Waals surface area contributed by atoms with Crippen molar-refractivity contribution in [2.24, 2.45) is 0 Å². The summed E-state index contributed by atoms with van der Waals surface area (Å²) in [5, 5.41) is 12.4. The number of aliphatic hydroxyl groups is 1. The van der Waals surface area contributed by atoms with Crippen molar-refractivity contribution in [3.63, 3.8) is 0 Å². The maximum Gasteiger partial charge on any atom is 0.290 e. The van der Waals surface area contributed by atoms with Crippen molar-refractivity contribution >= 4 is 23.0 Å². The lowest BCUT2D eigenvalue weighted by Gasteiger charge is -2.29. The number of carbonyl (C=O) groups excluding carboxylic acids is 2. The van der Waals surface area contributed by atoms with Crippen molar-refractivity contribution in [2.75, 3.05) is 39.4 Å². The molecule has 2 aliphatic rings. The predicted molar refractivity (Wildman–Crippen MR) is 109 cm³/mol. The summed E-state index contributed by atoms with van der Waals surface area (Å²) in [4.78, 5) is 34.5. The normalized spacial score (nSPS) is 20.5. The average Bonchev–Trinajstić information content (AvgIpc) is 3.38. The second kappa shape index (κ2) is 8.86. The number of carbonyl (C=O) groups is 2. The van der Waals surface area contributed by atoms with Crippen molar-refractivity contribution in [3.8, 4) is 0 Å². The molecule has 0 saturated carbocycles. The highest BCUT2D eigenvalue weighted by molar-refractivity contribution is 7.12. The molecule has 0 aromatic carbocycles. The molecular weight excluding hydrogens is 390 g/mol. The van der Waals surface area contributed by atoms with E-state index in [0.717, 1.165) is 44.8 Å². The summed E-state index contributed by atoms with van der Waals surface area (Å²) in [6.07, 6.45) is 4.04. The molecule has 1 atom stereocenters. The third-order valence-electron chi connectivity index (χ3n) is 5.27. The van der Waals surface area contributed by atoms with E-state index in [-0.39, 0.29) is 11.4 Å². The molecule has 0 bridgehead atoms. The zero-order valence-corrected chi connectivity index (χ0v) is 16.8. The van der Waals surface area contributed by atoms with Gasteiger partial charge in [0.15, 0.2) is 5.76 Å². The molecule has 1 saturated heterocycles. The third kappa shape index (κ3) is 4.10. The summed E-state index contributed by atoms with van der Waals surface area (Å²) < 4.78 is 5.37. The molecule has 4 rings (SSSR count). The number of ketones is 1. The van der Waals surface area contributed by atoms with Crippen LogP contribution < -0.4 is 0 Å². The number of morpholine rings is 1. The molecule has 1 fully saturated rings. The quantitative estimate of drug-likeness (QED) is 0.702. The van der Waals surface area contributed by atoms with Gasteiger partial charge >= 0.3 is 0 Å². The number of Topliss-reactive ketones (excluding diaryl/α,β-unsaturated/α-hetero) is 1. The number of aromatic nitrogens is 1. The summed E-state index contributed by atoms with van der Waals surface area (Å²) in [6, 6.07) is 6.47. The Bertz CT molecular complexity index is 892. The van der Waals surface area contributed by atoms with Gasteiger partial charge in [0.25, 0.3) is 5.91 Å². The molecule has 8 heteroatoms. The predicted octanol–water partition coefficient (Wildman–Crippen LogP) is 2.44. The van der Waals surface area contributed by atoms with Crippen molar-refractivity contribution in [2.45, 2.75) is 12.5 Å². The number of thiophene rings is 1. The standard InChI is InChI=1S/C21H23N3O4S/c25-19(16-5-2-13-29-16)17-18(15-4-1-6-22-14-15)24(21(27)20(17)26)8-3-7-23-9-11-28-12-10-23/h1-2,4-6,13-14,18,26H,3,7-12H2/t18-/m0/s1. The molecular formula is C21H23N3O4S. The number of rotatable bonds is 7. The van der Waals surface area contributed by atoms with Crippen molar-refractivity contribution in [1.82, 2.24) is 14.8 Å². The first-order chi connectivity index (χ1) is 14.2. The molecule has 7 nitrogen and oxygen atoms in total. The van der Waals surface area contributed by atoms with Gasteiger partial charge in [-0.3, -0.25) is 19.5 Å². The summed E-state index contributed by atoms with van der Waals surface area (Å²) in [7, 11) is 0. The van der Waals surface area contributed by atoms with Crippen LogP contribution in [0.5, 0.6) is 0 Å². The van der Waals surface area contributed by atoms with Gasteiger partial charge in [0.1, 0.15) is 0 Å². The van der Waals surface area contributed by atoms with Gasteiger partial charge in [-0.05, 0) is 29.5 Å². The minimum absolute atomic E-state index is 0.136. The highest BCUT2D eigenvalue weighted by atomic mass is 32.1. The number of aliphatic hydroxyl groups excluding tert-OH is 1. The Morgan fingerprint density at radius 3 is 2.76 bits per heavy atom. The van der Waals surface area contributed by atoms with Crippen LogP contribution in [0.15, 0.2) is 53.4 Å². The van der Waals surface area contributed by atoms with E-state index in [2.05, 4.69) is 9.88 Å². The molecule has 152 valence electrons. The zero-order chi connectivity index (χ0) is 20.2. The molecule has 2 aliphatic heterocycles. The maximum atomic E-state index is 13.1. The first-order valence-corrected chi connectivity index (χ1v) is 10.6. The van der Waals surface area contributed by atoms with E-state index in [0.29, 0.717) is 11.4 Å². The molecule has 1 amide bonds. The van der Waals surface area contributed by atoms with Crippen LogP contribution in [-0.4, -0.2) is 71.0 Å². The molecule has 4 heterocycles. The number of hydrogen-bond donors (Lipinski definition) is 1. The van der Waals surface area contributed by atoms with E-state index in [4.69, 9.17) is 4.74 Å². The summed E-state index contributed by atoms with van der Waals surface area (Å²) in [5.74, 6) is -1.26. The number of ether oxygens (including phenoxy) is 1. The Morgan fingerprint density at radius 1 is 1.24 bits per heavy atom. The maximum absolute atomic E-state index is 13.1. The van der Waals surface area contributed by atoms with E-state index in [1.807, 2.05) is 6.07 Å². The van der Waals surface area contributed by atoms with Gasteiger partial charge in [0.2, 0.25) is 5.78 Å². The number of hydrogen-bond acceptors (Lipinski definition) is 7. The molecule has 2 aromatic rings. The minimum atomic E-state index is -0.629. The molecule has 2 aromatic heterocycles. The largest absolute Gasteiger partial charge is 0.503 e. The number of amides is 1. The van der Waals surface area contributed by atoms with Crippen LogP contribution in [-0.2, 0) is 9.53 Å². The summed E-state index contributed by atoms with van der Waals surface area (Å²) in [6.45, 7) is 4.49. The second-order valence-corrected chi connectivity index (χ2v) is 8.01. The van der Waals surface area contributed by atoms with Crippen molar-refractivity contribution in [3.05, 3.63) is 63.8 Å². The Hall–Kier alpha value is -2.55. The van der Waals surface area contributed by atoms with Gasteiger partial charge in [0.05, 0.1) is 29.7 Å². The van der Waals surface area contributed by atoms with E-state index in [9.17, 15) is 14.7 Å². The average molecular weight is 413 g/mol. The fourth-order valence-electron chi connectivity index (χ4n) is 3.83. The Balaban J connectivity index is 1.57. The second-order valence-electron chi connectivity index (χ2n) is 7.06. The van der Waals surface area contributed by atoms with Crippen LogP contribution in [0.2, 0.25) is 0 Å². The van der Waals surface area contributed by atoms with Crippen LogP contribution in [0.1, 0.15) is 27.7 Å². The SMILES string of the molecule is O=C(C1=C(O)C(=O)N(CCCN2CCOCC2)[C@H]1c1cccnc1)c1cccs1. The fourth-order valence-corrected chi connectivity index (χ4v) is 4.51. The highest BCUT2D eigenvalue weighted by Gasteiger charge is 2.43. The third-order valence-corrected chi connectivity index (χ3v) is 6.14. The lowest BCUT2D eigenvalue weighted by Crippen LogP contribution is -2.39. The van der Waals surface area contributed by atoms with Crippen molar-refractivity contribution < 1.29 is 19.4 Å². The topological polar surface area (TPSA) is 83.0 Å². The van der Waals surface area contributed by atoms with Crippen LogP contribution in [0.25, 0.3) is 0 Å². The molecule has 0 aliphatic carbocycles. The Kier molecular flexibility index (Phi) is 6.03. The summed E-state index contributed by atoms with van der Waals surface area (Å²) >= 11 is 1.30. The smallest absolute Gasteiger partial charge is 0.290 e. The number of nitrogens with zero attached hydrogens (tertiary/aromatic N) is 3. The minimum Gasteiger partial charge on any atom is -0.503 e. The van der Waals surface area contributed by atoms with Crippen LogP contribution in [0.3, 0.4) is 0 Å². The summed E-state index contributed by atoms with van der Waals surface area (Å²) in [5.41, 5.74) is 0.855. The fraction of sp³-hybridized carbons (Fsp3) is 0.381. The molecule has 1 N–H and O–H groups in total. The van der Waals surface area contributed by atoms with Crippen LogP contribution in [0, 0.1) is 0 Å². The lowest BCUT2D eigenvalue weighted by atomic mass is 9.96. The molecule has 0 unspecified atom stereocenters. The van der Waals surface area contributed by atoms with Crippen LogP contribution in [0.4, 0.5) is 0 Å². The molecule has 0 spiro atoms.